The molecule has 4 nitrogen and oxygen atoms in total. The van der Waals surface area contributed by atoms with Crippen molar-refractivity contribution in [3.05, 3.63) is 0 Å². The molecule has 1 N–H and O–H groups in total. The van der Waals surface area contributed by atoms with Crippen molar-refractivity contribution < 1.29 is 14.3 Å². The number of hydrogen-bond acceptors (Lipinski definition) is 4. The minimum absolute atomic E-state index is 0.103. The van der Waals surface area contributed by atoms with Crippen molar-refractivity contribution in [1.29, 1.82) is 0 Å². The standard InChI is InChI=1S/C14H27NO3/c1-5-18-12(16)14(15-9-10-17-4)8-6-7-13(2,3)11-14/h15H,5-11H2,1-4H3. The van der Waals surface area contributed by atoms with Crippen LogP contribution in [-0.2, 0) is 14.3 Å². The Morgan fingerprint density at radius 3 is 2.61 bits per heavy atom. The normalized spacial score (nSPS) is 26.9. The Hall–Kier alpha value is -0.610. The van der Waals surface area contributed by atoms with Gasteiger partial charge in [0.05, 0.1) is 13.2 Å². The topological polar surface area (TPSA) is 47.6 Å². The molecule has 0 heterocycles. The van der Waals surface area contributed by atoms with Crippen LogP contribution < -0.4 is 5.32 Å². The summed E-state index contributed by atoms with van der Waals surface area (Å²) >= 11 is 0. The van der Waals surface area contributed by atoms with Crippen LogP contribution in [0.25, 0.3) is 0 Å². The van der Waals surface area contributed by atoms with Gasteiger partial charge in [-0.2, -0.15) is 0 Å². The molecule has 0 aromatic carbocycles. The van der Waals surface area contributed by atoms with E-state index in [1.54, 1.807) is 7.11 Å². The summed E-state index contributed by atoms with van der Waals surface area (Å²) in [4.78, 5) is 12.3. The van der Waals surface area contributed by atoms with Gasteiger partial charge in [0.2, 0.25) is 0 Å². The summed E-state index contributed by atoms with van der Waals surface area (Å²) in [5, 5.41) is 3.38. The highest BCUT2D eigenvalue weighted by Gasteiger charge is 2.46. The molecule has 0 saturated heterocycles. The minimum atomic E-state index is -0.518. The highest BCUT2D eigenvalue weighted by atomic mass is 16.5. The summed E-state index contributed by atoms with van der Waals surface area (Å²) in [6, 6.07) is 0. The van der Waals surface area contributed by atoms with Crippen LogP contribution in [0.4, 0.5) is 0 Å². The van der Waals surface area contributed by atoms with Gasteiger partial charge in [-0.05, 0) is 31.6 Å². The molecule has 1 aliphatic carbocycles. The molecule has 18 heavy (non-hydrogen) atoms. The van der Waals surface area contributed by atoms with Crippen LogP contribution in [-0.4, -0.2) is 38.4 Å². The Morgan fingerprint density at radius 2 is 2.06 bits per heavy atom. The zero-order chi connectivity index (χ0) is 13.6. The molecule has 1 saturated carbocycles. The van der Waals surface area contributed by atoms with Gasteiger partial charge in [0.1, 0.15) is 5.54 Å². The highest BCUT2D eigenvalue weighted by Crippen LogP contribution is 2.41. The average Bonchev–Trinajstić information content (AvgIpc) is 2.28. The van der Waals surface area contributed by atoms with E-state index in [1.165, 1.54) is 6.42 Å². The van der Waals surface area contributed by atoms with Crippen molar-refractivity contribution in [1.82, 2.24) is 5.32 Å². The van der Waals surface area contributed by atoms with E-state index in [4.69, 9.17) is 9.47 Å². The Morgan fingerprint density at radius 1 is 1.33 bits per heavy atom. The molecule has 0 amide bonds. The largest absolute Gasteiger partial charge is 0.465 e. The third kappa shape index (κ3) is 3.95. The lowest BCUT2D eigenvalue weighted by atomic mass is 9.68. The molecule has 1 atom stereocenters. The molecule has 0 aliphatic heterocycles. The number of methoxy groups -OCH3 is 1. The molecule has 0 aromatic rings. The second-order valence-corrected chi connectivity index (χ2v) is 5.92. The van der Waals surface area contributed by atoms with Crippen LogP contribution in [0.2, 0.25) is 0 Å². The third-order valence-corrected chi connectivity index (χ3v) is 3.67. The molecule has 0 radical (unpaired) electrons. The van der Waals surface area contributed by atoms with Gasteiger partial charge in [0.15, 0.2) is 0 Å². The monoisotopic (exact) mass is 257 g/mol. The number of carbonyl (C=O) groups excluding carboxylic acids is 1. The summed E-state index contributed by atoms with van der Waals surface area (Å²) in [6.45, 7) is 8.03. The van der Waals surface area contributed by atoms with Crippen LogP contribution in [0.1, 0.15) is 46.5 Å². The second-order valence-electron chi connectivity index (χ2n) is 5.92. The average molecular weight is 257 g/mol. The smallest absolute Gasteiger partial charge is 0.326 e. The Labute approximate surface area is 110 Å². The zero-order valence-corrected chi connectivity index (χ0v) is 12.2. The maximum Gasteiger partial charge on any atom is 0.326 e. The van der Waals surface area contributed by atoms with Crippen LogP contribution in [0.15, 0.2) is 0 Å². The van der Waals surface area contributed by atoms with E-state index in [9.17, 15) is 4.79 Å². The Bertz CT molecular complexity index is 278. The Balaban J connectivity index is 2.76. The van der Waals surface area contributed by atoms with Gasteiger partial charge >= 0.3 is 5.97 Å². The molecular weight excluding hydrogens is 230 g/mol. The van der Waals surface area contributed by atoms with Crippen molar-refractivity contribution in [3.63, 3.8) is 0 Å². The van der Waals surface area contributed by atoms with E-state index in [1.807, 2.05) is 6.92 Å². The van der Waals surface area contributed by atoms with Gasteiger partial charge in [0.25, 0.3) is 0 Å². The number of carbonyl (C=O) groups is 1. The number of rotatable bonds is 6. The number of nitrogens with one attached hydrogen (secondary N) is 1. The maximum atomic E-state index is 12.3. The maximum absolute atomic E-state index is 12.3. The second kappa shape index (κ2) is 6.53. The van der Waals surface area contributed by atoms with Crippen LogP contribution in [0, 0.1) is 5.41 Å². The predicted molar refractivity (Wildman–Crippen MR) is 71.5 cm³/mol. The van der Waals surface area contributed by atoms with E-state index in [2.05, 4.69) is 19.2 Å². The predicted octanol–water partition coefficient (Wildman–Crippen LogP) is 2.12. The van der Waals surface area contributed by atoms with E-state index in [0.717, 1.165) is 19.3 Å². The van der Waals surface area contributed by atoms with Crippen molar-refractivity contribution in [2.45, 2.75) is 52.0 Å². The van der Waals surface area contributed by atoms with Crippen molar-refractivity contribution in [2.75, 3.05) is 26.9 Å². The van der Waals surface area contributed by atoms with E-state index in [0.29, 0.717) is 19.8 Å². The SMILES string of the molecule is CCOC(=O)C1(NCCOC)CCCC(C)(C)C1. The van der Waals surface area contributed by atoms with Crippen molar-refractivity contribution in [3.8, 4) is 0 Å². The lowest BCUT2D eigenvalue weighted by molar-refractivity contribution is -0.154. The fourth-order valence-corrected chi connectivity index (χ4v) is 2.92. The molecule has 1 aliphatic rings. The first-order chi connectivity index (χ1) is 8.46. The summed E-state index contributed by atoms with van der Waals surface area (Å²) in [5.74, 6) is -0.103. The van der Waals surface area contributed by atoms with Gasteiger partial charge in [0, 0.05) is 13.7 Å². The quantitative estimate of drug-likeness (QED) is 0.585. The Kier molecular flexibility index (Phi) is 5.60. The molecule has 1 fully saturated rings. The van der Waals surface area contributed by atoms with Crippen molar-refractivity contribution >= 4 is 5.97 Å². The van der Waals surface area contributed by atoms with Gasteiger partial charge in [-0.15, -0.1) is 0 Å². The van der Waals surface area contributed by atoms with Gasteiger partial charge in [-0.3, -0.25) is 10.1 Å². The van der Waals surface area contributed by atoms with Gasteiger partial charge in [-0.1, -0.05) is 20.3 Å². The molecule has 0 bridgehead atoms. The van der Waals surface area contributed by atoms with Crippen molar-refractivity contribution in [2.24, 2.45) is 5.41 Å². The lowest BCUT2D eigenvalue weighted by Crippen LogP contribution is -2.57. The van der Waals surface area contributed by atoms with Crippen LogP contribution in [0.5, 0.6) is 0 Å². The molecular formula is C14H27NO3. The first-order valence-electron chi connectivity index (χ1n) is 6.87. The van der Waals surface area contributed by atoms with E-state index in [-0.39, 0.29) is 11.4 Å². The summed E-state index contributed by atoms with van der Waals surface area (Å²) < 4.78 is 10.3. The molecule has 1 unspecified atom stereocenters. The first-order valence-corrected chi connectivity index (χ1v) is 6.87. The van der Waals surface area contributed by atoms with Gasteiger partial charge in [-0.25, -0.2) is 0 Å². The molecule has 0 aromatic heterocycles. The van der Waals surface area contributed by atoms with Crippen LogP contribution in [0.3, 0.4) is 0 Å². The highest BCUT2D eigenvalue weighted by molar-refractivity contribution is 5.81. The molecule has 0 spiro atoms. The number of esters is 1. The summed E-state index contributed by atoms with van der Waals surface area (Å²) in [5.41, 5.74) is -0.332. The molecule has 106 valence electrons. The molecule has 4 heteroatoms. The molecule has 1 rings (SSSR count). The van der Waals surface area contributed by atoms with E-state index < -0.39 is 5.54 Å². The summed E-state index contributed by atoms with van der Waals surface area (Å²) in [6.07, 6.45) is 3.92. The zero-order valence-electron chi connectivity index (χ0n) is 12.2. The lowest BCUT2D eigenvalue weighted by Gasteiger charge is -2.43. The number of ether oxygens (including phenoxy) is 2. The minimum Gasteiger partial charge on any atom is -0.465 e. The summed E-state index contributed by atoms with van der Waals surface area (Å²) in [7, 11) is 1.67. The fraction of sp³-hybridized carbons (Fsp3) is 0.929. The first kappa shape index (κ1) is 15.4. The number of hydrogen-bond donors (Lipinski definition) is 1. The van der Waals surface area contributed by atoms with Crippen LogP contribution >= 0.6 is 0 Å². The fourth-order valence-electron chi connectivity index (χ4n) is 2.92. The van der Waals surface area contributed by atoms with Gasteiger partial charge < -0.3 is 9.47 Å². The van der Waals surface area contributed by atoms with E-state index >= 15 is 0 Å². The third-order valence-electron chi connectivity index (χ3n) is 3.67.